The quantitative estimate of drug-likeness (QED) is 0.861. The molecule has 2 aromatic rings. The maximum atomic E-state index is 13.0. The van der Waals surface area contributed by atoms with Gasteiger partial charge in [0.25, 0.3) is 11.5 Å². The van der Waals surface area contributed by atoms with Crippen molar-refractivity contribution in [1.29, 1.82) is 0 Å². The average molecular weight is 326 g/mol. The Balaban J connectivity index is 2.13. The first-order valence-electron chi connectivity index (χ1n) is 8.91. The van der Waals surface area contributed by atoms with Crippen LogP contribution in [0.5, 0.6) is 0 Å². The van der Waals surface area contributed by atoms with E-state index in [0.717, 1.165) is 43.3 Å². The topological polar surface area (TPSA) is 42.3 Å². The van der Waals surface area contributed by atoms with Gasteiger partial charge in [-0.05, 0) is 49.6 Å². The number of rotatable bonds is 4. The van der Waals surface area contributed by atoms with Gasteiger partial charge in [0.1, 0.15) is 5.69 Å². The van der Waals surface area contributed by atoms with Crippen molar-refractivity contribution in [3.8, 4) is 0 Å². The molecule has 0 radical (unpaired) electrons. The molecule has 1 aromatic carbocycles. The van der Waals surface area contributed by atoms with Crippen LogP contribution >= 0.6 is 0 Å². The summed E-state index contributed by atoms with van der Waals surface area (Å²) in [6.07, 6.45) is 2.99. The summed E-state index contributed by atoms with van der Waals surface area (Å²) in [6, 6.07) is 7.76. The normalized spacial score (nSPS) is 14.8. The lowest BCUT2D eigenvalue weighted by Gasteiger charge is -2.20. The van der Waals surface area contributed by atoms with Crippen LogP contribution in [0, 0.1) is 12.8 Å². The number of amides is 1. The van der Waals surface area contributed by atoms with Crippen LogP contribution in [-0.2, 0) is 6.54 Å². The highest BCUT2D eigenvalue weighted by atomic mass is 16.2. The average Bonchev–Trinajstić information content (AvgIpc) is 3.08. The zero-order valence-electron chi connectivity index (χ0n) is 14.8. The summed E-state index contributed by atoms with van der Waals surface area (Å²) < 4.78 is 1.70. The molecule has 4 heteroatoms. The first-order valence-corrected chi connectivity index (χ1v) is 8.91. The smallest absolute Gasteiger partial charge is 0.270 e. The number of fused-ring (bicyclic) bond motifs is 1. The predicted molar refractivity (Wildman–Crippen MR) is 97.5 cm³/mol. The second-order valence-electron chi connectivity index (χ2n) is 7.26. The summed E-state index contributed by atoms with van der Waals surface area (Å²) in [5.74, 6) is 0.482. The lowest BCUT2D eigenvalue weighted by molar-refractivity contribution is 0.0780. The third-order valence-corrected chi connectivity index (χ3v) is 4.81. The molecule has 0 saturated carbocycles. The Bertz CT molecular complexity index is 814. The zero-order chi connectivity index (χ0) is 17.3. The molecule has 0 spiro atoms. The highest BCUT2D eigenvalue weighted by Gasteiger charge is 2.23. The summed E-state index contributed by atoms with van der Waals surface area (Å²) in [4.78, 5) is 27.8. The minimum atomic E-state index is -0.0422. The third-order valence-electron chi connectivity index (χ3n) is 4.81. The van der Waals surface area contributed by atoms with Gasteiger partial charge in [-0.1, -0.05) is 31.5 Å². The second-order valence-corrected chi connectivity index (χ2v) is 7.26. The molecule has 2 heterocycles. The number of nitrogens with zero attached hydrogens (tertiary/aromatic N) is 2. The molecule has 1 saturated heterocycles. The Hall–Kier alpha value is -2.10. The Morgan fingerprint density at radius 3 is 2.54 bits per heavy atom. The summed E-state index contributed by atoms with van der Waals surface area (Å²) in [5, 5.41) is 1.56. The van der Waals surface area contributed by atoms with Gasteiger partial charge in [-0.25, -0.2) is 0 Å². The van der Waals surface area contributed by atoms with Crippen molar-refractivity contribution in [2.45, 2.75) is 46.6 Å². The Morgan fingerprint density at radius 2 is 1.88 bits per heavy atom. The lowest BCUT2D eigenvalue weighted by atomic mass is 10.1. The monoisotopic (exact) mass is 326 g/mol. The fourth-order valence-electron chi connectivity index (χ4n) is 3.33. The third kappa shape index (κ3) is 3.23. The van der Waals surface area contributed by atoms with Gasteiger partial charge in [0.05, 0.1) is 0 Å². The van der Waals surface area contributed by atoms with E-state index in [-0.39, 0.29) is 11.5 Å². The molecule has 3 rings (SSSR count). The van der Waals surface area contributed by atoms with Crippen LogP contribution in [-0.4, -0.2) is 28.5 Å². The number of aromatic nitrogens is 1. The molecule has 1 aliphatic rings. The number of benzene rings is 1. The number of likely N-dealkylation sites (tertiary alicyclic amines) is 1. The molecule has 4 nitrogen and oxygen atoms in total. The van der Waals surface area contributed by atoms with Gasteiger partial charge >= 0.3 is 0 Å². The van der Waals surface area contributed by atoms with E-state index in [9.17, 15) is 9.59 Å². The second kappa shape index (κ2) is 6.80. The zero-order valence-corrected chi connectivity index (χ0v) is 14.8. The van der Waals surface area contributed by atoms with E-state index in [1.807, 2.05) is 36.1 Å². The number of aryl methyl sites for hydroxylation is 1. The summed E-state index contributed by atoms with van der Waals surface area (Å²) in [6.45, 7) is 8.44. The predicted octanol–water partition coefficient (Wildman–Crippen LogP) is 3.59. The van der Waals surface area contributed by atoms with E-state index in [1.54, 1.807) is 4.57 Å². The Morgan fingerprint density at radius 1 is 1.17 bits per heavy atom. The van der Waals surface area contributed by atoms with Crippen molar-refractivity contribution in [1.82, 2.24) is 9.47 Å². The molecule has 0 bridgehead atoms. The van der Waals surface area contributed by atoms with Gasteiger partial charge in [-0.3, -0.25) is 9.59 Å². The van der Waals surface area contributed by atoms with Crippen LogP contribution in [0.3, 0.4) is 0 Å². The fraction of sp³-hybridized carbons (Fsp3) is 0.500. The van der Waals surface area contributed by atoms with E-state index in [1.165, 1.54) is 0 Å². The molecular weight excluding hydrogens is 300 g/mol. The van der Waals surface area contributed by atoms with E-state index in [2.05, 4.69) is 13.8 Å². The van der Waals surface area contributed by atoms with Gasteiger partial charge < -0.3 is 9.47 Å². The maximum absolute atomic E-state index is 13.0. The molecule has 128 valence electrons. The minimum absolute atomic E-state index is 0.00386. The van der Waals surface area contributed by atoms with Crippen LogP contribution < -0.4 is 5.56 Å². The number of carbonyl (C=O) groups excluding carboxylic acids is 1. The largest absolute Gasteiger partial charge is 0.337 e. The number of hydrogen-bond acceptors (Lipinski definition) is 2. The SMILES string of the molecule is Cc1ccc2cc(C(=O)N3CCCC3)n(CCC(C)C)c(=O)c2c1. The number of pyridine rings is 1. The molecule has 0 atom stereocenters. The molecule has 24 heavy (non-hydrogen) atoms. The van der Waals surface area contributed by atoms with Gasteiger partial charge in [0.15, 0.2) is 0 Å². The highest BCUT2D eigenvalue weighted by Crippen LogP contribution is 2.18. The molecule has 0 unspecified atom stereocenters. The van der Waals surface area contributed by atoms with Crippen LogP contribution in [0.1, 0.15) is 49.2 Å². The van der Waals surface area contributed by atoms with Crippen molar-refractivity contribution >= 4 is 16.7 Å². The Kier molecular flexibility index (Phi) is 4.74. The summed E-state index contributed by atoms with van der Waals surface area (Å²) in [5.41, 5.74) is 1.56. The van der Waals surface area contributed by atoms with Crippen molar-refractivity contribution in [3.05, 3.63) is 45.9 Å². The van der Waals surface area contributed by atoms with Crippen molar-refractivity contribution in [3.63, 3.8) is 0 Å². The molecule has 0 aliphatic carbocycles. The van der Waals surface area contributed by atoms with E-state index >= 15 is 0 Å². The van der Waals surface area contributed by atoms with Gasteiger partial charge in [-0.15, -0.1) is 0 Å². The maximum Gasteiger partial charge on any atom is 0.270 e. The van der Waals surface area contributed by atoms with Crippen LogP contribution in [0.2, 0.25) is 0 Å². The van der Waals surface area contributed by atoms with Crippen molar-refractivity contribution < 1.29 is 4.79 Å². The molecule has 1 aliphatic heterocycles. The number of hydrogen-bond donors (Lipinski definition) is 0. The standard InChI is InChI=1S/C20H26N2O2/c1-14(2)8-11-22-18(20(24)21-9-4-5-10-21)13-16-7-6-15(3)12-17(16)19(22)23/h6-7,12-14H,4-5,8-11H2,1-3H3. The lowest BCUT2D eigenvalue weighted by Crippen LogP contribution is -2.34. The summed E-state index contributed by atoms with van der Waals surface area (Å²) in [7, 11) is 0. The number of carbonyl (C=O) groups is 1. The summed E-state index contributed by atoms with van der Waals surface area (Å²) >= 11 is 0. The fourth-order valence-corrected chi connectivity index (χ4v) is 3.33. The molecule has 1 amide bonds. The van der Waals surface area contributed by atoms with Crippen molar-refractivity contribution in [2.24, 2.45) is 5.92 Å². The minimum Gasteiger partial charge on any atom is -0.337 e. The van der Waals surface area contributed by atoms with Gasteiger partial charge in [0, 0.05) is 25.0 Å². The van der Waals surface area contributed by atoms with E-state index < -0.39 is 0 Å². The molecule has 0 N–H and O–H groups in total. The van der Waals surface area contributed by atoms with Gasteiger partial charge in [0.2, 0.25) is 0 Å². The molecule has 1 fully saturated rings. The van der Waals surface area contributed by atoms with E-state index in [4.69, 9.17) is 0 Å². The first kappa shape index (κ1) is 16.7. The van der Waals surface area contributed by atoms with Crippen LogP contribution in [0.15, 0.2) is 29.1 Å². The van der Waals surface area contributed by atoms with Gasteiger partial charge in [-0.2, -0.15) is 0 Å². The molecule has 1 aromatic heterocycles. The molecular formula is C20H26N2O2. The van der Waals surface area contributed by atoms with Crippen LogP contribution in [0.4, 0.5) is 0 Å². The first-order chi connectivity index (χ1) is 11.5. The van der Waals surface area contributed by atoms with E-state index in [0.29, 0.717) is 23.5 Å². The highest BCUT2D eigenvalue weighted by molar-refractivity contribution is 5.97. The van der Waals surface area contributed by atoms with Crippen LogP contribution in [0.25, 0.3) is 10.8 Å². The Labute approximate surface area is 143 Å². The van der Waals surface area contributed by atoms with Crippen molar-refractivity contribution in [2.75, 3.05) is 13.1 Å².